The van der Waals surface area contributed by atoms with E-state index in [1.165, 1.54) is 0 Å². The van der Waals surface area contributed by atoms with Crippen molar-refractivity contribution in [2.45, 2.75) is 0 Å². The minimum Gasteiger partial charge on any atom is -0.496 e. The summed E-state index contributed by atoms with van der Waals surface area (Å²) in [5.41, 5.74) is 5.66. The quantitative estimate of drug-likeness (QED) is 0.379. The zero-order chi connectivity index (χ0) is 21.3. The van der Waals surface area contributed by atoms with Gasteiger partial charge in [0.05, 0.1) is 14.2 Å². The standard InChI is InChI=1S/C28H22O2/c1-5-21-7-11-23(12-8-21)15-17-25-19-28(30-4)26(20-27(25)29-3)18-16-24-13-9-22(6-2)10-14-24/h1-2,7-20H,3-4H3/b17-15+,18-16+. The van der Waals surface area contributed by atoms with E-state index in [-0.39, 0.29) is 0 Å². The SMILES string of the molecule is C#Cc1ccc(/C=C/c2cc(OC)c(/C=C/c3ccc(C#C)cc3)cc2OC)cc1. The Balaban J connectivity index is 1.89. The molecule has 0 aromatic heterocycles. The monoisotopic (exact) mass is 390 g/mol. The van der Waals surface area contributed by atoms with Gasteiger partial charge in [-0.05, 0) is 47.5 Å². The van der Waals surface area contributed by atoms with Crippen molar-refractivity contribution < 1.29 is 9.47 Å². The molecule has 0 heterocycles. The second kappa shape index (κ2) is 9.87. The van der Waals surface area contributed by atoms with Gasteiger partial charge in [-0.1, -0.05) is 60.4 Å². The maximum Gasteiger partial charge on any atom is 0.126 e. The summed E-state index contributed by atoms with van der Waals surface area (Å²) in [5, 5.41) is 0. The van der Waals surface area contributed by atoms with Crippen LogP contribution in [-0.2, 0) is 0 Å². The van der Waals surface area contributed by atoms with Crippen LogP contribution >= 0.6 is 0 Å². The highest BCUT2D eigenvalue weighted by atomic mass is 16.5. The second-order valence-corrected chi connectivity index (χ2v) is 6.54. The van der Waals surface area contributed by atoms with E-state index >= 15 is 0 Å². The first-order chi connectivity index (χ1) is 14.7. The summed E-state index contributed by atoms with van der Waals surface area (Å²) < 4.78 is 11.2. The van der Waals surface area contributed by atoms with Crippen molar-refractivity contribution in [3.63, 3.8) is 0 Å². The van der Waals surface area contributed by atoms with E-state index < -0.39 is 0 Å². The molecular formula is C28H22O2. The van der Waals surface area contributed by atoms with Gasteiger partial charge >= 0.3 is 0 Å². The molecule has 0 unspecified atom stereocenters. The lowest BCUT2D eigenvalue weighted by Crippen LogP contribution is -1.93. The average Bonchev–Trinajstić information content (AvgIpc) is 2.81. The van der Waals surface area contributed by atoms with Crippen LogP contribution in [0.1, 0.15) is 33.4 Å². The Morgan fingerprint density at radius 2 is 0.967 bits per heavy atom. The number of terminal acetylenes is 2. The first-order valence-corrected chi connectivity index (χ1v) is 9.42. The smallest absolute Gasteiger partial charge is 0.126 e. The van der Waals surface area contributed by atoms with Crippen LogP contribution in [0, 0.1) is 24.7 Å². The van der Waals surface area contributed by atoms with Gasteiger partial charge < -0.3 is 9.47 Å². The normalized spacial score (nSPS) is 10.7. The lowest BCUT2D eigenvalue weighted by atomic mass is 10.0. The lowest BCUT2D eigenvalue weighted by molar-refractivity contribution is 0.401. The molecule has 2 heteroatoms. The fourth-order valence-corrected chi connectivity index (χ4v) is 2.96. The zero-order valence-corrected chi connectivity index (χ0v) is 17.1. The predicted molar refractivity (Wildman–Crippen MR) is 126 cm³/mol. The average molecular weight is 390 g/mol. The van der Waals surface area contributed by atoms with Crippen molar-refractivity contribution in [2.24, 2.45) is 0 Å². The highest BCUT2D eigenvalue weighted by Crippen LogP contribution is 2.31. The van der Waals surface area contributed by atoms with E-state index in [0.717, 1.165) is 44.9 Å². The Hall–Kier alpha value is -4.14. The Kier molecular flexibility index (Phi) is 6.78. The molecule has 0 bridgehead atoms. The number of hydrogen-bond donors (Lipinski definition) is 0. The van der Waals surface area contributed by atoms with E-state index in [0.29, 0.717) is 0 Å². The summed E-state index contributed by atoms with van der Waals surface area (Å²) in [4.78, 5) is 0. The lowest BCUT2D eigenvalue weighted by Gasteiger charge is -2.11. The first kappa shape index (κ1) is 20.6. The molecule has 0 atom stereocenters. The van der Waals surface area contributed by atoms with Gasteiger partial charge in [-0.25, -0.2) is 0 Å². The second-order valence-electron chi connectivity index (χ2n) is 6.54. The van der Waals surface area contributed by atoms with Crippen molar-refractivity contribution in [3.8, 4) is 36.2 Å². The topological polar surface area (TPSA) is 18.5 Å². The molecular weight excluding hydrogens is 368 g/mol. The molecule has 30 heavy (non-hydrogen) atoms. The molecule has 3 aromatic rings. The number of hydrogen-bond acceptors (Lipinski definition) is 2. The van der Waals surface area contributed by atoms with Gasteiger partial charge in [0, 0.05) is 22.3 Å². The van der Waals surface area contributed by atoms with Crippen LogP contribution in [0.25, 0.3) is 24.3 Å². The third-order valence-corrected chi connectivity index (χ3v) is 4.65. The van der Waals surface area contributed by atoms with E-state index in [1.54, 1.807) is 14.2 Å². The van der Waals surface area contributed by atoms with Crippen LogP contribution < -0.4 is 9.47 Å². The fraction of sp³-hybridized carbons (Fsp3) is 0.0714. The van der Waals surface area contributed by atoms with E-state index in [2.05, 4.69) is 11.8 Å². The number of rotatable bonds is 6. The molecule has 0 aliphatic rings. The molecule has 2 nitrogen and oxygen atoms in total. The van der Waals surface area contributed by atoms with Gasteiger partial charge in [-0.15, -0.1) is 12.8 Å². The first-order valence-electron chi connectivity index (χ1n) is 9.42. The van der Waals surface area contributed by atoms with E-state index in [9.17, 15) is 0 Å². The third-order valence-electron chi connectivity index (χ3n) is 4.65. The van der Waals surface area contributed by atoms with Gasteiger partial charge in [0.1, 0.15) is 11.5 Å². The van der Waals surface area contributed by atoms with Gasteiger partial charge in [-0.2, -0.15) is 0 Å². The summed E-state index contributed by atoms with van der Waals surface area (Å²) in [6, 6.07) is 19.5. The molecule has 146 valence electrons. The van der Waals surface area contributed by atoms with Crippen LogP contribution in [0.4, 0.5) is 0 Å². The molecule has 0 amide bonds. The molecule has 0 saturated carbocycles. The molecule has 3 aromatic carbocycles. The minimum absolute atomic E-state index is 0.759. The van der Waals surface area contributed by atoms with Crippen molar-refractivity contribution >= 4 is 24.3 Å². The van der Waals surface area contributed by atoms with E-state index in [1.807, 2.05) is 85.0 Å². The predicted octanol–water partition coefficient (Wildman–Crippen LogP) is 6.01. The molecule has 3 rings (SSSR count). The largest absolute Gasteiger partial charge is 0.496 e. The van der Waals surface area contributed by atoms with Crippen LogP contribution in [0.2, 0.25) is 0 Å². The number of benzene rings is 3. The number of ether oxygens (including phenoxy) is 2. The summed E-state index contributed by atoms with van der Waals surface area (Å²) >= 11 is 0. The Bertz CT molecular complexity index is 1050. The number of methoxy groups -OCH3 is 2. The Morgan fingerprint density at radius 3 is 1.27 bits per heavy atom. The van der Waals surface area contributed by atoms with Crippen molar-refractivity contribution in [2.75, 3.05) is 14.2 Å². The molecule has 0 N–H and O–H groups in total. The summed E-state index contributed by atoms with van der Waals surface area (Å²) in [6.45, 7) is 0. The summed E-state index contributed by atoms with van der Waals surface area (Å²) in [5.74, 6) is 6.76. The van der Waals surface area contributed by atoms with Gasteiger partial charge in [0.2, 0.25) is 0 Å². The van der Waals surface area contributed by atoms with Crippen molar-refractivity contribution in [3.05, 3.63) is 94.0 Å². The molecule has 0 radical (unpaired) electrons. The van der Waals surface area contributed by atoms with Crippen molar-refractivity contribution in [1.29, 1.82) is 0 Å². The molecule has 0 aliphatic heterocycles. The molecule has 0 fully saturated rings. The van der Waals surface area contributed by atoms with E-state index in [4.69, 9.17) is 22.3 Å². The highest BCUT2D eigenvalue weighted by Gasteiger charge is 2.08. The van der Waals surface area contributed by atoms with Crippen LogP contribution in [-0.4, -0.2) is 14.2 Å². The van der Waals surface area contributed by atoms with Gasteiger partial charge in [-0.3, -0.25) is 0 Å². The zero-order valence-electron chi connectivity index (χ0n) is 17.1. The van der Waals surface area contributed by atoms with Crippen LogP contribution in [0.3, 0.4) is 0 Å². The van der Waals surface area contributed by atoms with Gasteiger partial charge in [0.15, 0.2) is 0 Å². The molecule has 0 spiro atoms. The van der Waals surface area contributed by atoms with Crippen LogP contribution in [0.15, 0.2) is 60.7 Å². The maximum atomic E-state index is 5.60. The molecule has 0 aliphatic carbocycles. The third kappa shape index (κ3) is 5.02. The summed E-state index contributed by atoms with van der Waals surface area (Å²) in [7, 11) is 3.32. The van der Waals surface area contributed by atoms with Crippen molar-refractivity contribution in [1.82, 2.24) is 0 Å². The maximum absolute atomic E-state index is 5.60. The minimum atomic E-state index is 0.759. The summed E-state index contributed by atoms with van der Waals surface area (Å²) in [6.07, 6.45) is 18.8. The highest BCUT2D eigenvalue weighted by molar-refractivity contribution is 5.79. The van der Waals surface area contributed by atoms with Gasteiger partial charge in [0.25, 0.3) is 0 Å². The van der Waals surface area contributed by atoms with Crippen LogP contribution in [0.5, 0.6) is 11.5 Å². The fourth-order valence-electron chi connectivity index (χ4n) is 2.96. The molecule has 0 saturated heterocycles. The Morgan fingerprint density at radius 1 is 0.600 bits per heavy atom. The Labute approximate surface area is 178 Å².